The quantitative estimate of drug-likeness (QED) is 0.456. The van der Waals surface area contributed by atoms with Crippen molar-refractivity contribution in [1.29, 1.82) is 0 Å². The Hall–Kier alpha value is -1.17. The van der Waals surface area contributed by atoms with E-state index in [1.54, 1.807) is 12.1 Å². The number of aliphatic hydroxyl groups excluding tert-OH is 1. The molecule has 1 aromatic rings. The zero-order chi connectivity index (χ0) is 26.4. The van der Waals surface area contributed by atoms with Crippen LogP contribution >= 0.6 is 0 Å². The van der Waals surface area contributed by atoms with Gasteiger partial charge in [0.15, 0.2) is 0 Å². The first-order chi connectivity index (χ1) is 17.4. The van der Waals surface area contributed by atoms with Crippen LogP contribution in [0.25, 0.3) is 5.57 Å². The fraction of sp³-hybridized carbons (Fsp3) is 0.750. The molecule has 0 amide bonds. The first kappa shape index (κ1) is 26.1. The normalized spacial score (nSPS) is 44.7. The summed E-state index contributed by atoms with van der Waals surface area (Å²) in [4.78, 5) is 0.181. The summed E-state index contributed by atoms with van der Waals surface area (Å²) in [5.74, 6) is 3.72. The van der Waals surface area contributed by atoms with Crippen LogP contribution in [-0.2, 0) is 10.0 Å². The first-order valence-corrected chi connectivity index (χ1v) is 16.4. The molecule has 0 heterocycles. The minimum Gasteiger partial charge on any atom is -0.396 e. The third-order valence-electron chi connectivity index (χ3n) is 13.1. The maximum Gasteiger partial charge on any atom is 0.238 e. The Morgan fingerprint density at radius 3 is 2.27 bits per heavy atom. The zero-order valence-electron chi connectivity index (χ0n) is 23.3. The third-order valence-corrected chi connectivity index (χ3v) is 14.0. The van der Waals surface area contributed by atoms with E-state index >= 15 is 0 Å². The smallest absolute Gasteiger partial charge is 0.238 e. The second-order valence-electron chi connectivity index (χ2n) is 14.7. The van der Waals surface area contributed by atoms with E-state index in [-0.39, 0.29) is 21.1 Å². The molecule has 0 saturated heterocycles. The number of fused-ring (bicyclic) bond motifs is 7. The highest BCUT2D eigenvalue weighted by atomic mass is 32.2. The van der Waals surface area contributed by atoms with Crippen molar-refractivity contribution in [3.05, 3.63) is 35.9 Å². The van der Waals surface area contributed by atoms with Crippen molar-refractivity contribution in [3.63, 3.8) is 0 Å². The van der Waals surface area contributed by atoms with E-state index in [9.17, 15) is 13.5 Å². The molecule has 37 heavy (non-hydrogen) atoms. The summed E-state index contributed by atoms with van der Waals surface area (Å²) in [6.07, 6.45) is 15.3. The molecule has 0 bridgehead atoms. The van der Waals surface area contributed by atoms with Crippen molar-refractivity contribution in [2.24, 2.45) is 56.4 Å². The van der Waals surface area contributed by atoms with Crippen LogP contribution in [0.3, 0.4) is 0 Å². The summed E-state index contributed by atoms with van der Waals surface area (Å²) >= 11 is 0. The monoisotopic (exact) mass is 525 g/mol. The van der Waals surface area contributed by atoms with Crippen LogP contribution in [-0.4, -0.2) is 20.1 Å². The minimum atomic E-state index is -3.68. The number of hydrogen-bond acceptors (Lipinski definition) is 3. The van der Waals surface area contributed by atoms with Gasteiger partial charge in [-0.05, 0) is 132 Å². The molecule has 4 saturated carbocycles. The molecule has 6 rings (SSSR count). The number of rotatable bonds is 3. The van der Waals surface area contributed by atoms with Crippen molar-refractivity contribution in [2.45, 2.75) is 96.8 Å². The van der Waals surface area contributed by atoms with E-state index in [2.05, 4.69) is 33.8 Å². The molecule has 1 aromatic carbocycles. The highest BCUT2D eigenvalue weighted by Crippen LogP contribution is 2.73. The molecule has 8 atom stereocenters. The molecule has 5 aliphatic rings. The Bertz CT molecular complexity index is 1200. The van der Waals surface area contributed by atoms with Gasteiger partial charge in [-0.15, -0.1) is 0 Å². The SMILES string of the molecule is CC1(C)C(c2ccc(S(N)(=O)=O)cc2)=CC[C@@]2(C)C1CC[C@@]1(C)C3CC[C@@]4(CO)CCCC4[C@H]3CCC12. The Morgan fingerprint density at radius 2 is 1.59 bits per heavy atom. The van der Waals surface area contributed by atoms with Crippen molar-refractivity contribution in [2.75, 3.05) is 6.61 Å². The zero-order valence-corrected chi connectivity index (χ0v) is 24.1. The van der Waals surface area contributed by atoms with Crippen LogP contribution in [0.15, 0.2) is 35.2 Å². The van der Waals surface area contributed by atoms with Gasteiger partial charge in [-0.2, -0.15) is 0 Å². The number of primary sulfonamides is 1. The molecule has 5 aliphatic carbocycles. The Kier molecular flexibility index (Phi) is 5.93. The lowest BCUT2D eigenvalue weighted by atomic mass is 9.36. The fourth-order valence-electron chi connectivity index (χ4n) is 11.6. The van der Waals surface area contributed by atoms with Gasteiger partial charge in [0.25, 0.3) is 0 Å². The number of nitrogens with two attached hydrogens (primary N) is 1. The largest absolute Gasteiger partial charge is 0.396 e. The van der Waals surface area contributed by atoms with Gasteiger partial charge in [-0.25, -0.2) is 13.6 Å². The first-order valence-electron chi connectivity index (χ1n) is 14.8. The van der Waals surface area contributed by atoms with Gasteiger partial charge in [-0.1, -0.05) is 52.3 Å². The molecule has 204 valence electrons. The lowest BCUT2D eigenvalue weighted by molar-refractivity contribution is -0.181. The van der Waals surface area contributed by atoms with Gasteiger partial charge in [0.1, 0.15) is 0 Å². The molecule has 3 N–H and O–H groups in total. The second-order valence-corrected chi connectivity index (χ2v) is 16.2. The topological polar surface area (TPSA) is 80.4 Å². The summed E-state index contributed by atoms with van der Waals surface area (Å²) in [6, 6.07) is 7.22. The number of allylic oxidation sites excluding steroid dienone is 2. The highest BCUT2D eigenvalue weighted by molar-refractivity contribution is 7.89. The van der Waals surface area contributed by atoms with Crippen molar-refractivity contribution in [1.82, 2.24) is 0 Å². The van der Waals surface area contributed by atoms with Gasteiger partial charge in [0.2, 0.25) is 10.0 Å². The van der Waals surface area contributed by atoms with Crippen LogP contribution in [0.4, 0.5) is 0 Å². The minimum absolute atomic E-state index is 0.0261. The molecule has 0 radical (unpaired) electrons. The number of sulfonamides is 1. The fourth-order valence-corrected chi connectivity index (χ4v) is 12.1. The Morgan fingerprint density at radius 1 is 0.865 bits per heavy atom. The lowest BCUT2D eigenvalue weighted by Crippen LogP contribution is -2.61. The number of hydrogen-bond donors (Lipinski definition) is 2. The predicted molar refractivity (Wildman–Crippen MR) is 149 cm³/mol. The van der Waals surface area contributed by atoms with E-state index in [4.69, 9.17) is 5.14 Å². The van der Waals surface area contributed by atoms with Gasteiger partial charge in [-0.3, -0.25) is 0 Å². The summed E-state index contributed by atoms with van der Waals surface area (Å²) in [6.45, 7) is 10.5. The summed E-state index contributed by atoms with van der Waals surface area (Å²) in [7, 11) is -3.68. The molecule has 0 aromatic heterocycles. The van der Waals surface area contributed by atoms with Crippen LogP contribution in [0, 0.1) is 51.2 Å². The standard InChI is InChI=1S/C32H47NO3S/c1-29(2)24(21-7-9-22(10-8-21)37(33,35)36)13-17-31(4)27(29)15-18-30(3)25-14-19-32(20-34)16-5-6-26(32)23(25)11-12-28(30)31/h7-10,13,23,25-28,34H,5-6,11-12,14-20H2,1-4H3,(H2,33,35,36)/t23-,25?,26?,27?,28?,30-,31-,32+/m0/s1. The average molecular weight is 526 g/mol. The maximum atomic E-state index is 11.8. The van der Waals surface area contributed by atoms with Crippen molar-refractivity contribution in [3.8, 4) is 0 Å². The molecule has 0 aliphatic heterocycles. The van der Waals surface area contributed by atoms with E-state index < -0.39 is 10.0 Å². The Labute approximate surface area is 224 Å². The summed E-state index contributed by atoms with van der Waals surface area (Å²) < 4.78 is 23.6. The molecule has 0 spiro atoms. The van der Waals surface area contributed by atoms with Crippen molar-refractivity contribution < 1.29 is 13.5 Å². The molecule has 5 heteroatoms. The molecular weight excluding hydrogens is 478 g/mol. The van der Waals surface area contributed by atoms with Gasteiger partial charge in [0, 0.05) is 6.61 Å². The van der Waals surface area contributed by atoms with Crippen molar-refractivity contribution >= 4 is 15.6 Å². The van der Waals surface area contributed by atoms with Crippen LogP contribution in [0.1, 0.15) is 97.5 Å². The van der Waals surface area contributed by atoms with E-state index in [0.717, 1.165) is 35.7 Å². The van der Waals surface area contributed by atoms with Crippen LogP contribution in [0.2, 0.25) is 0 Å². The molecule has 4 nitrogen and oxygen atoms in total. The van der Waals surface area contributed by atoms with Gasteiger partial charge < -0.3 is 5.11 Å². The van der Waals surface area contributed by atoms with Crippen LogP contribution < -0.4 is 5.14 Å². The molecular formula is C32H47NO3S. The number of aliphatic hydroxyl groups is 1. The van der Waals surface area contributed by atoms with E-state index in [0.29, 0.717) is 17.9 Å². The Balaban J connectivity index is 1.32. The summed E-state index contributed by atoms with van der Waals surface area (Å²) in [5.41, 5.74) is 3.44. The number of benzene rings is 1. The van der Waals surface area contributed by atoms with Gasteiger partial charge in [0.05, 0.1) is 4.90 Å². The second kappa shape index (κ2) is 8.41. The molecule has 4 unspecified atom stereocenters. The molecule has 4 fully saturated rings. The van der Waals surface area contributed by atoms with E-state index in [1.165, 1.54) is 63.4 Å². The average Bonchev–Trinajstić information content (AvgIpc) is 3.28. The maximum absolute atomic E-state index is 11.8. The highest BCUT2D eigenvalue weighted by Gasteiger charge is 2.65. The predicted octanol–water partition coefficient (Wildman–Crippen LogP) is 6.78. The lowest BCUT2D eigenvalue weighted by Gasteiger charge is -2.68. The van der Waals surface area contributed by atoms with Crippen LogP contribution in [0.5, 0.6) is 0 Å². The van der Waals surface area contributed by atoms with E-state index in [1.807, 2.05) is 12.1 Å². The summed E-state index contributed by atoms with van der Waals surface area (Å²) in [5, 5.41) is 15.8. The third kappa shape index (κ3) is 3.62. The van der Waals surface area contributed by atoms with Gasteiger partial charge >= 0.3 is 0 Å².